The molecule has 2 aromatic rings. The van der Waals surface area contributed by atoms with Crippen molar-refractivity contribution in [1.82, 2.24) is 10.0 Å². The van der Waals surface area contributed by atoms with Crippen LogP contribution < -0.4 is 0 Å². The van der Waals surface area contributed by atoms with Crippen LogP contribution >= 0.6 is 23.2 Å². The minimum absolute atomic E-state index is 0.832. The van der Waals surface area contributed by atoms with Gasteiger partial charge in [-0.05, 0) is 59.1 Å². The molecular weight excluding hydrogens is 439 g/mol. The number of nitrogens with zero attached hydrogens (tertiary/aromatic N) is 4. The number of halogens is 2. The first kappa shape index (κ1) is 21.3. The first-order valence-electron chi connectivity index (χ1n) is 11.2. The van der Waals surface area contributed by atoms with Crippen LogP contribution in [0.1, 0.15) is 35.1 Å². The van der Waals surface area contributed by atoms with Gasteiger partial charge in [-0.1, -0.05) is 71.7 Å². The fourth-order valence-electron chi connectivity index (χ4n) is 4.47. The summed E-state index contributed by atoms with van der Waals surface area (Å²) in [6.07, 6.45) is 7.78. The van der Waals surface area contributed by atoms with E-state index in [9.17, 15) is 0 Å². The summed E-state index contributed by atoms with van der Waals surface area (Å²) in [4.78, 5) is 0. The fourth-order valence-corrected chi connectivity index (χ4v) is 5.13. The molecule has 0 bridgehead atoms. The Morgan fingerprint density at radius 1 is 0.594 bits per heavy atom. The molecule has 3 aliphatic rings. The van der Waals surface area contributed by atoms with Crippen LogP contribution in [0.3, 0.4) is 0 Å². The number of hydrogen-bond donors (Lipinski definition) is 0. The predicted molar refractivity (Wildman–Crippen MR) is 135 cm³/mol. The molecule has 0 atom stereocenters. The van der Waals surface area contributed by atoms with Gasteiger partial charge in [-0.25, -0.2) is 0 Å². The Bertz CT molecular complexity index is 1030. The highest BCUT2D eigenvalue weighted by Crippen LogP contribution is 2.34. The molecule has 1 fully saturated rings. The Hall–Kier alpha value is -2.56. The summed E-state index contributed by atoms with van der Waals surface area (Å²) in [6, 6.07) is 16.7. The SMILES string of the molecule is ClC1=C(/C=N\N2CCN(/N=C\C3=C(Cl)c4ccccc4CC3)CC2)CCc2ccccc21. The molecule has 0 radical (unpaired) electrons. The zero-order valence-corrected chi connectivity index (χ0v) is 19.5. The van der Waals surface area contributed by atoms with E-state index < -0.39 is 0 Å². The van der Waals surface area contributed by atoms with Gasteiger partial charge in [0, 0.05) is 0 Å². The molecular formula is C26H26Cl2N4. The summed E-state index contributed by atoms with van der Waals surface area (Å²) < 4.78 is 0. The van der Waals surface area contributed by atoms with E-state index in [1.807, 2.05) is 24.6 Å². The summed E-state index contributed by atoms with van der Waals surface area (Å²) in [5.41, 5.74) is 7.14. The van der Waals surface area contributed by atoms with Crippen LogP contribution in [-0.4, -0.2) is 48.6 Å². The minimum Gasteiger partial charge on any atom is -0.293 e. The molecule has 2 aliphatic carbocycles. The molecule has 1 heterocycles. The first-order valence-corrected chi connectivity index (χ1v) is 12.0. The van der Waals surface area contributed by atoms with E-state index in [4.69, 9.17) is 33.4 Å². The maximum Gasteiger partial charge on any atom is 0.0553 e. The summed E-state index contributed by atoms with van der Waals surface area (Å²) in [5, 5.41) is 15.3. The standard InChI is InChI=1S/C26H26Cl2N4/c27-25-21(11-9-19-5-1-3-7-23(19)25)17-29-31-13-15-32(16-14-31)30-18-22-12-10-20-6-2-4-8-24(20)26(22)28/h1-8,17-18H,9-16H2/b29-17-,30-18-. The number of piperazine rings is 1. The zero-order chi connectivity index (χ0) is 21.9. The van der Waals surface area contributed by atoms with Crippen molar-refractivity contribution in [2.75, 3.05) is 26.2 Å². The minimum atomic E-state index is 0.832. The monoisotopic (exact) mass is 464 g/mol. The highest BCUT2D eigenvalue weighted by Gasteiger charge is 2.19. The number of rotatable bonds is 4. The van der Waals surface area contributed by atoms with Crippen molar-refractivity contribution in [1.29, 1.82) is 0 Å². The van der Waals surface area contributed by atoms with Crippen LogP contribution in [0, 0.1) is 0 Å². The van der Waals surface area contributed by atoms with E-state index in [1.165, 1.54) is 11.1 Å². The van der Waals surface area contributed by atoms with Gasteiger partial charge < -0.3 is 0 Å². The van der Waals surface area contributed by atoms with Gasteiger partial charge in [-0.15, -0.1) is 0 Å². The molecule has 1 aliphatic heterocycles. The van der Waals surface area contributed by atoms with Crippen molar-refractivity contribution in [3.63, 3.8) is 0 Å². The second-order valence-corrected chi connectivity index (χ2v) is 9.15. The predicted octanol–water partition coefficient (Wildman–Crippen LogP) is 5.77. The summed E-state index contributed by atoms with van der Waals surface area (Å²) in [5.74, 6) is 0. The van der Waals surface area contributed by atoms with Crippen LogP contribution in [0.4, 0.5) is 0 Å². The summed E-state index contributed by atoms with van der Waals surface area (Å²) >= 11 is 13.3. The average molecular weight is 465 g/mol. The van der Waals surface area contributed by atoms with E-state index in [0.717, 1.165) is 84.2 Å². The maximum atomic E-state index is 6.64. The van der Waals surface area contributed by atoms with Gasteiger partial charge >= 0.3 is 0 Å². The van der Waals surface area contributed by atoms with Crippen molar-refractivity contribution in [3.05, 3.63) is 81.9 Å². The van der Waals surface area contributed by atoms with E-state index in [1.54, 1.807) is 0 Å². The van der Waals surface area contributed by atoms with Crippen LogP contribution in [0.25, 0.3) is 10.1 Å². The van der Waals surface area contributed by atoms with E-state index in [2.05, 4.69) is 46.4 Å². The second kappa shape index (κ2) is 9.51. The molecule has 4 nitrogen and oxygen atoms in total. The molecule has 6 heteroatoms. The van der Waals surface area contributed by atoms with Crippen molar-refractivity contribution in [3.8, 4) is 0 Å². The van der Waals surface area contributed by atoms with Gasteiger partial charge in [-0.3, -0.25) is 10.0 Å². The first-order chi connectivity index (χ1) is 15.7. The molecule has 1 saturated heterocycles. The van der Waals surface area contributed by atoms with Gasteiger partial charge in [-0.2, -0.15) is 10.2 Å². The Labute approximate surface area is 199 Å². The number of hydrazone groups is 2. The number of benzene rings is 2. The molecule has 0 saturated carbocycles. The quantitative estimate of drug-likeness (QED) is 0.537. The van der Waals surface area contributed by atoms with E-state index >= 15 is 0 Å². The van der Waals surface area contributed by atoms with Crippen LogP contribution in [-0.2, 0) is 12.8 Å². The van der Waals surface area contributed by atoms with Crippen LogP contribution in [0.5, 0.6) is 0 Å². The maximum absolute atomic E-state index is 6.64. The normalized spacial score (nSPS) is 19.2. The van der Waals surface area contributed by atoms with Gasteiger partial charge in [0.15, 0.2) is 0 Å². The molecule has 0 N–H and O–H groups in total. The second-order valence-electron chi connectivity index (χ2n) is 8.39. The third-order valence-electron chi connectivity index (χ3n) is 6.39. The van der Waals surface area contributed by atoms with E-state index in [0.29, 0.717) is 0 Å². The largest absolute Gasteiger partial charge is 0.293 e. The average Bonchev–Trinajstić information content (AvgIpc) is 2.84. The molecule has 0 spiro atoms. The smallest absolute Gasteiger partial charge is 0.0553 e. The molecule has 0 amide bonds. The lowest BCUT2D eigenvalue weighted by Crippen LogP contribution is -2.41. The van der Waals surface area contributed by atoms with Crippen molar-refractivity contribution < 1.29 is 0 Å². The molecule has 164 valence electrons. The lowest BCUT2D eigenvalue weighted by atomic mass is 9.92. The van der Waals surface area contributed by atoms with Gasteiger partial charge in [0.25, 0.3) is 0 Å². The molecule has 32 heavy (non-hydrogen) atoms. The number of allylic oxidation sites excluding steroid dienone is 2. The molecule has 5 rings (SSSR count). The van der Waals surface area contributed by atoms with Gasteiger partial charge in [0.1, 0.15) is 0 Å². The lowest BCUT2D eigenvalue weighted by molar-refractivity contribution is 0.141. The van der Waals surface area contributed by atoms with Gasteiger partial charge in [0.05, 0.1) is 48.7 Å². The molecule has 0 unspecified atom stereocenters. The van der Waals surface area contributed by atoms with Crippen molar-refractivity contribution in [2.45, 2.75) is 25.7 Å². The van der Waals surface area contributed by atoms with Crippen molar-refractivity contribution in [2.24, 2.45) is 10.2 Å². The highest BCUT2D eigenvalue weighted by molar-refractivity contribution is 6.51. The lowest BCUT2D eigenvalue weighted by Gasteiger charge is -2.31. The Morgan fingerprint density at radius 3 is 1.44 bits per heavy atom. The van der Waals surface area contributed by atoms with Gasteiger partial charge in [0.2, 0.25) is 0 Å². The Morgan fingerprint density at radius 2 is 1.00 bits per heavy atom. The molecule has 0 aromatic heterocycles. The summed E-state index contributed by atoms with van der Waals surface area (Å²) in [7, 11) is 0. The summed E-state index contributed by atoms with van der Waals surface area (Å²) in [6.45, 7) is 3.35. The fraction of sp³-hybridized carbons (Fsp3) is 0.308. The third kappa shape index (κ3) is 4.48. The third-order valence-corrected chi connectivity index (χ3v) is 7.28. The van der Waals surface area contributed by atoms with Crippen LogP contribution in [0.2, 0.25) is 0 Å². The number of hydrogen-bond acceptors (Lipinski definition) is 4. The number of fused-ring (bicyclic) bond motifs is 2. The Balaban J connectivity index is 1.18. The van der Waals surface area contributed by atoms with E-state index in [-0.39, 0.29) is 0 Å². The topological polar surface area (TPSA) is 31.2 Å². The van der Waals surface area contributed by atoms with Crippen LogP contribution in [0.15, 0.2) is 69.9 Å². The Kier molecular flexibility index (Phi) is 6.33. The highest BCUT2D eigenvalue weighted by atomic mass is 35.5. The number of aryl methyl sites for hydroxylation is 2. The zero-order valence-electron chi connectivity index (χ0n) is 18.0. The van der Waals surface area contributed by atoms with Crippen molar-refractivity contribution >= 4 is 45.7 Å². The molecule has 2 aromatic carbocycles.